The molecule has 7 rings (SSSR count). The molecule has 8 nitrogen and oxygen atoms in total. The Bertz CT molecular complexity index is 1250. The van der Waals surface area contributed by atoms with E-state index in [1.54, 1.807) is 0 Å². The lowest BCUT2D eigenvalue weighted by atomic mass is 9.56. The molecule has 6 fully saturated rings. The number of esters is 3. The topological polar surface area (TPSA) is 119 Å². The minimum Gasteiger partial charge on any atom is -0.462 e. The molecule has 2 aliphatic heterocycles. The Morgan fingerprint density at radius 2 is 1.80 bits per heavy atom. The van der Waals surface area contributed by atoms with E-state index >= 15 is 0 Å². The van der Waals surface area contributed by atoms with E-state index in [9.17, 15) is 24.6 Å². The predicted octanol–water partition coefficient (Wildman–Crippen LogP) is 3.49. The van der Waals surface area contributed by atoms with E-state index in [4.69, 9.17) is 14.2 Å². The normalized spacial score (nSPS) is 54.4. The van der Waals surface area contributed by atoms with Crippen LogP contribution in [0.4, 0.5) is 0 Å². The van der Waals surface area contributed by atoms with E-state index in [1.165, 1.54) is 12.5 Å². The highest BCUT2D eigenvalue weighted by Gasteiger charge is 2.78. The van der Waals surface area contributed by atoms with Crippen molar-refractivity contribution in [3.8, 4) is 0 Å². The SMILES string of the molecule is C=C1C(=O)O[C@H]2C[C@H](C)[C@@]34C[C@]5(C(=O)O[C@H]6C[C@@H](C)[C@@H]7[C@@H](OC(C)=O)C[C@H](O)[C@@]7(C)C[C@@H]65)[C@@H](C(C)=C3C[C@H]12)[C@H]4O. The molecule has 2 saturated heterocycles. The zero-order valence-electron chi connectivity index (χ0n) is 24.1. The Kier molecular flexibility index (Phi) is 5.48. The van der Waals surface area contributed by atoms with Crippen molar-refractivity contribution >= 4 is 17.9 Å². The molecule has 218 valence electrons. The van der Waals surface area contributed by atoms with Gasteiger partial charge < -0.3 is 24.4 Å². The number of rotatable bonds is 1. The van der Waals surface area contributed by atoms with Crippen molar-refractivity contribution < 1.29 is 38.8 Å². The van der Waals surface area contributed by atoms with Crippen LogP contribution in [0.15, 0.2) is 23.3 Å². The van der Waals surface area contributed by atoms with Gasteiger partial charge in [0, 0.05) is 53.4 Å². The average molecular weight is 555 g/mol. The fourth-order valence-electron chi connectivity index (χ4n) is 11.6. The maximum atomic E-state index is 14.1. The third-order valence-corrected chi connectivity index (χ3v) is 13.1. The van der Waals surface area contributed by atoms with Crippen LogP contribution in [-0.4, -0.2) is 58.6 Å². The van der Waals surface area contributed by atoms with Gasteiger partial charge in [0.2, 0.25) is 0 Å². The molecule has 2 heterocycles. The number of hydrogen-bond acceptors (Lipinski definition) is 8. The minimum atomic E-state index is -0.879. The minimum absolute atomic E-state index is 0.00386. The standard InChI is InChI=1S/C32H42O8/c1-13-7-22-20(11-30(6)24(34)10-23(25(13)30)38-17(5)33)32(29(37)40-22)12-31-14(2)8-21-18(15(3)28(36)39-21)9-19(31)16(4)26(32)27(31)35/h13-14,18,20-27,34-35H,3,7-12H2,1-2,4-6H3/t13-,14+,18-,20+,21+,22+,23+,24+,25-,26+,27-,30-,31+,32-/m1/s1. The van der Waals surface area contributed by atoms with Crippen molar-refractivity contribution in [3.63, 3.8) is 0 Å². The molecule has 7 aliphatic rings. The Hall–Kier alpha value is -2.19. The molecule has 0 amide bonds. The molecule has 14 atom stereocenters. The zero-order valence-corrected chi connectivity index (χ0v) is 24.1. The molecule has 2 N–H and O–H groups in total. The first kappa shape index (κ1) is 26.7. The van der Waals surface area contributed by atoms with Crippen molar-refractivity contribution in [1.82, 2.24) is 0 Å². The predicted molar refractivity (Wildman–Crippen MR) is 142 cm³/mol. The highest BCUT2D eigenvalue weighted by Crippen LogP contribution is 2.76. The Morgan fingerprint density at radius 1 is 1.07 bits per heavy atom. The van der Waals surface area contributed by atoms with E-state index in [-0.39, 0.29) is 71.7 Å². The Morgan fingerprint density at radius 3 is 2.50 bits per heavy atom. The van der Waals surface area contributed by atoms with Crippen molar-refractivity contribution in [2.45, 2.75) is 104 Å². The van der Waals surface area contributed by atoms with Crippen LogP contribution in [0.2, 0.25) is 0 Å². The average Bonchev–Trinajstić information content (AvgIpc) is 3.46. The van der Waals surface area contributed by atoms with Crippen LogP contribution >= 0.6 is 0 Å². The summed E-state index contributed by atoms with van der Waals surface area (Å²) >= 11 is 0. The molecule has 0 aromatic carbocycles. The van der Waals surface area contributed by atoms with Gasteiger partial charge in [-0.15, -0.1) is 0 Å². The van der Waals surface area contributed by atoms with Gasteiger partial charge in [0.15, 0.2) is 0 Å². The molecule has 40 heavy (non-hydrogen) atoms. The first-order valence-corrected chi connectivity index (χ1v) is 15.1. The Labute approximate surface area is 235 Å². The van der Waals surface area contributed by atoms with Gasteiger partial charge in [0.25, 0.3) is 0 Å². The lowest BCUT2D eigenvalue weighted by Gasteiger charge is -2.45. The van der Waals surface area contributed by atoms with Gasteiger partial charge >= 0.3 is 17.9 Å². The van der Waals surface area contributed by atoms with E-state index < -0.39 is 28.5 Å². The van der Waals surface area contributed by atoms with Crippen LogP contribution in [0.5, 0.6) is 0 Å². The number of carbonyl (C=O) groups excluding carboxylic acids is 3. The van der Waals surface area contributed by atoms with Crippen molar-refractivity contribution in [1.29, 1.82) is 0 Å². The van der Waals surface area contributed by atoms with E-state index in [0.29, 0.717) is 44.1 Å². The van der Waals surface area contributed by atoms with Crippen molar-refractivity contribution in [3.05, 3.63) is 23.3 Å². The third-order valence-electron chi connectivity index (χ3n) is 13.1. The number of carbonyl (C=O) groups is 3. The van der Waals surface area contributed by atoms with Gasteiger partial charge in [0.05, 0.1) is 17.6 Å². The van der Waals surface area contributed by atoms with Gasteiger partial charge in [-0.25, -0.2) is 4.79 Å². The summed E-state index contributed by atoms with van der Waals surface area (Å²) in [5, 5.41) is 23.6. The molecule has 2 bridgehead atoms. The van der Waals surface area contributed by atoms with Gasteiger partial charge in [-0.3, -0.25) is 9.59 Å². The summed E-state index contributed by atoms with van der Waals surface area (Å²) < 4.78 is 17.7. The van der Waals surface area contributed by atoms with Gasteiger partial charge in [-0.2, -0.15) is 0 Å². The number of fused-ring (bicyclic) bond motifs is 6. The fraction of sp³-hybridized carbons (Fsp3) is 0.781. The lowest BCUT2D eigenvalue weighted by Crippen LogP contribution is -2.46. The molecule has 0 radical (unpaired) electrons. The first-order chi connectivity index (χ1) is 18.8. The summed E-state index contributed by atoms with van der Waals surface area (Å²) in [7, 11) is 0. The highest BCUT2D eigenvalue weighted by molar-refractivity contribution is 5.91. The summed E-state index contributed by atoms with van der Waals surface area (Å²) in [6.07, 6.45) is 1.04. The van der Waals surface area contributed by atoms with Crippen molar-refractivity contribution in [2.75, 3.05) is 0 Å². The fourth-order valence-corrected chi connectivity index (χ4v) is 11.6. The second-order valence-corrected chi connectivity index (χ2v) is 14.7. The molecule has 0 aromatic rings. The summed E-state index contributed by atoms with van der Waals surface area (Å²) in [5.74, 6) is -1.48. The second-order valence-electron chi connectivity index (χ2n) is 14.7. The number of aliphatic hydroxyl groups is 2. The van der Waals surface area contributed by atoms with E-state index in [0.717, 1.165) is 5.57 Å². The first-order valence-electron chi connectivity index (χ1n) is 15.1. The lowest BCUT2D eigenvalue weighted by molar-refractivity contribution is -0.152. The second kappa shape index (κ2) is 8.21. The van der Waals surface area contributed by atoms with Crippen LogP contribution in [-0.2, 0) is 28.6 Å². The number of ether oxygens (including phenoxy) is 3. The van der Waals surface area contributed by atoms with Gasteiger partial charge in [-0.05, 0) is 50.9 Å². The summed E-state index contributed by atoms with van der Waals surface area (Å²) in [5.41, 5.74) is 0.717. The molecule has 0 aromatic heterocycles. The van der Waals surface area contributed by atoms with Crippen LogP contribution in [0.3, 0.4) is 0 Å². The van der Waals surface area contributed by atoms with Crippen molar-refractivity contribution in [2.24, 2.45) is 51.8 Å². The maximum absolute atomic E-state index is 14.1. The van der Waals surface area contributed by atoms with Crippen LogP contribution in [0, 0.1) is 51.8 Å². The molecular weight excluding hydrogens is 512 g/mol. The van der Waals surface area contributed by atoms with E-state index in [1.807, 2.05) is 0 Å². The third kappa shape index (κ3) is 2.97. The number of aliphatic hydroxyl groups excluding tert-OH is 2. The van der Waals surface area contributed by atoms with E-state index in [2.05, 4.69) is 34.3 Å². The molecule has 0 unspecified atom stereocenters. The van der Waals surface area contributed by atoms with Gasteiger partial charge in [-0.1, -0.05) is 38.5 Å². The smallest absolute Gasteiger partial charge is 0.334 e. The van der Waals surface area contributed by atoms with Crippen LogP contribution in [0.25, 0.3) is 0 Å². The summed E-state index contributed by atoms with van der Waals surface area (Å²) in [6, 6.07) is 0. The summed E-state index contributed by atoms with van der Waals surface area (Å²) in [6.45, 7) is 13.9. The molecule has 8 heteroatoms. The zero-order chi connectivity index (χ0) is 28.7. The van der Waals surface area contributed by atoms with Crippen LogP contribution in [0.1, 0.15) is 73.1 Å². The summed E-state index contributed by atoms with van der Waals surface area (Å²) in [4.78, 5) is 38.4. The molecule has 2 spiro atoms. The largest absolute Gasteiger partial charge is 0.462 e. The quantitative estimate of drug-likeness (QED) is 0.219. The number of hydrogen-bond donors (Lipinski definition) is 2. The monoisotopic (exact) mass is 554 g/mol. The van der Waals surface area contributed by atoms with Crippen LogP contribution < -0.4 is 0 Å². The Balaban J connectivity index is 1.31. The van der Waals surface area contributed by atoms with Gasteiger partial charge in [0.1, 0.15) is 18.3 Å². The highest BCUT2D eigenvalue weighted by atomic mass is 16.6. The maximum Gasteiger partial charge on any atom is 0.334 e. The molecule has 4 saturated carbocycles. The molecule has 5 aliphatic carbocycles. The molecular formula is C32H42O8.